The van der Waals surface area contributed by atoms with Gasteiger partial charge in [-0.1, -0.05) is 44.2 Å². The van der Waals surface area contributed by atoms with Gasteiger partial charge in [0.05, 0.1) is 6.61 Å². The molecule has 10 heteroatoms. The minimum Gasteiger partial charge on any atom is -0.455 e. The summed E-state index contributed by atoms with van der Waals surface area (Å²) < 4.78 is 41.0. The van der Waals surface area contributed by atoms with E-state index in [1.54, 1.807) is 13.8 Å². The lowest BCUT2D eigenvalue weighted by Crippen LogP contribution is -2.49. The van der Waals surface area contributed by atoms with E-state index in [4.69, 9.17) is 33.2 Å². The fourth-order valence-electron chi connectivity index (χ4n) is 4.62. The van der Waals surface area contributed by atoms with Gasteiger partial charge >= 0.3 is 12.1 Å². The van der Waals surface area contributed by atoms with Gasteiger partial charge in [0.1, 0.15) is 24.9 Å². The molecular weight excluding hydrogens is 470 g/mol. The molecule has 3 heterocycles. The summed E-state index contributed by atoms with van der Waals surface area (Å²) in [5.74, 6) is -2.18. The minimum absolute atomic E-state index is 0.0908. The fourth-order valence-corrected chi connectivity index (χ4v) is 4.62. The van der Waals surface area contributed by atoms with Gasteiger partial charge in [-0.2, -0.15) is 0 Å². The number of carbonyl (C=O) groups excluding carboxylic acids is 2. The molecule has 0 bridgehead atoms. The molecule has 0 saturated carbocycles. The summed E-state index contributed by atoms with van der Waals surface area (Å²) in [5.41, 5.74) is 0.843. The highest BCUT2D eigenvalue weighted by molar-refractivity contribution is 5.81. The highest BCUT2D eigenvalue weighted by atomic mass is 16.8. The minimum atomic E-state index is -0.916. The van der Waals surface area contributed by atoms with Crippen LogP contribution < -0.4 is 5.32 Å². The van der Waals surface area contributed by atoms with E-state index in [0.717, 1.165) is 5.56 Å². The van der Waals surface area contributed by atoms with Gasteiger partial charge in [-0.05, 0) is 45.6 Å². The van der Waals surface area contributed by atoms with Crippen molar-refractivity contribution < 1.29 is 42.7 Å². The zero-order valence-electron chi connectivity index (χ0n) is 21.7. The molecule has 200 valence electrons. The van der Waals surface area contributed by atoms with Gasteiger partial charge in [-0.15, -0.1) is 0 Å². The van der Waals surface area contributed by atoms with E-state index < -0.39 is 60.4 Å². The zero-order chi connectivity index (χ0) is 26.1. The molecule has 4 rings (SSSR count). The van der Waals surface area contributed by atoms with Crippen molar-refractivity contribution in [1.29, 1.82) is 0 Å². The third-order valence-electron chi connectivity index (χ3n) is 6.17. The molecule has 6 atom stereocenters. The third kappa shape index (κ3) is 6.54. The summed E-state index contributed by atoms with van der Waals surface area (Å²) in [4.78, 5) is 25.9. The first kappa shape index (κ1) is 26.8. The van der Waals surface area contributed by atoms with Crippen LogP contribution in [0.2, 0.25) is 0 Å². The highest BCUT2D eigenvalue weighted by Crippen LogP contribution is 2.42. The smallest absolute Gasteiger partial charge is 0.408 e. The first-order valence-corrected chi connectivity index (χ1v) is 12.4. The first-order valence-electron chi connectivity index (χ1n) is 12.4. The Balaban J connectivity index is 1.44. The lowest BCUT2D eigenvalue weighted by Gasteiger charge is -2.30. The van der Waals surface area contributed by atoms with Crippen LogP contribution in [0.4, 0.5) is 4.79 Å². The Morgan fingerprint density at radius 1 is 1.03 bits per heavy atom. The maximum absolute atomic E-state index is 13.4. The quantitative estimate of drug-likeness (QED) is 0.530. The van der Waals surface area contributed by atoms with Crippen molar-refractivity contribution >= 4 is 12.1 Å². The highest BCUT2D eigenvalue weighted by Gasteiger charge is 2.60. The molecule has 3 aliphatic rings. The monoisotopic (exact) mass is 507 g/mol. The number of rotatable bonds is 8. The lowest BCUT2D eigenvalue weighted by atomic mass is 10.0. The number of benzene rings is 1. The van der Waals surface area contributed by atoms with Crippen LogP contribution in [0.1, 0.15) is 53.5 Å². The normalized spacial score (nSPS) is 31.1. The van der Waals surface area contributed by atoms with Gasteiger partial charge in [0.2, 0.25) is 0 Å². The number of nitrogens with one attached hydrogen (secondary N) is 1. The molecule has 3 saturated heterocycles. The molecule has 0 radical (unpaired) electrons. The molecule has 1 N–H and O–H groups in total. The van der Waals surface area contributed by atoms with Crippen LogP contribution >= 0.6 is 0 Å². The van der Waals surface area contributed by atoms with E-state index in [9.17, 15) is 9.59 Å². The average Bonchev–Trinajstić information content (AvgIpc) is 3.41. The number of ether oxygens (including phenoxy) is 7. The summed E-state index contributed by atoms with van der Waals surface area (Å²) >= 11 is 0. The third-order valence-corrected chi connectivity index (χ3v) is 6.17. The van der Waals surface area contributed by atoms with E-state index in [1.807, 2.05) is 58.0 Å². The van der Waals surface area contributed by atoms with E-state index in [0.29, 0.717) is 6.42 Å². The largest absolute Gasteiger partial charge is 0.455 e. The second-order valence-electron chi connectivity index (χ2n) is 10.7. The second kappa shape index (κ2) is 10.6. The van der Waals surface area contributed by atoms with Crippen LogP contribution in [0.15, 0.2) is 30.3 Å². The van der Waals surface area contributed by atoms with E-state index in [-0.39, 0.29) is 19.1 Å². The summed E-state index contributed by atoms with van der Waals surface area (Å²) in [5, 5.41) is 2.66. The van der Waals surface area contributed by atoms with E-state index in [2.05, 4.69) is 5.32 Å². The zero-order valence-corrected chi connectivity index (χ0v) is 21.7. The van der Waals surface area contributed by atoms with Gasteiger partial charge in [0.15, 0.2) is 30.1 Å². The summed E-state index contributed by atoms with van der Waals surface area (Å²) in [7, 11) is 0. The van der Waals surface area contributed by atoms with E-state index in [1.165, 1.54) is 0 Å². The molecule has 3 fully saturated rings. The number of amides is 1. The molecular formula is C26H37NO9. The molecule has 0 aliphatic carbocycles. The Morgan fingerprint density at radius 3 is 2.39 bits per heavy atom. The summed E-state index contributed by atoms with van der Waals surface area (Å²) in [6, 6.07) is 8.39. The molecule has 0 spiro atoms. The lowest BCUT2D eigenvalue weighted by molar-refractivity contribution is -0.235. The van der Waals surface area contributed by atoms with Gasteiger partial charge in [-0.25, -0.2) is 9.59 Å². The van der Waals surface area contributed by atoms with Crippen molar-refractivity contribution in [3.05, 3.63) is 35.9 Å². The number of esters is 1. The molecule has 0 aromatic heterocycles. The van der Waals surface area contributed by atoms with E-state index >= 15 is 0 Å². The number of hydrogen-bond acceptors (Lipinski definition) is 9. The predicted octanol–water partition coefficient (Wildman–Crippen LogP) is 3.27. The van der Waals surface area contributed by atoms with Crippen LogP contribution in [0.5, 0.6) is 0 Å². The van der Waals surface area contributed by atoms with Crippen LogP contribution in [0, 0.1) is 5.92 Å². The van der Waals surface area contributed by atoms with Crippen molar-refractivity contribution in [2.45, 2.75) is 103 Å². The van der Waals surface area contributed by atoms with Crippen molar-refractivity contribution in [2.75, 3.05) is 6.61 Å². The Kier molecular flexibility index (Phi) is 7.92. The molecule has 1 amide bonds. The number of hydrogen-bond donors (Lipinski definition) is 1. The van der Waals surface area contributed by atoms with Crippen molar-refractivity contribution in [3.63, 3.8) is 0 Å². The van der Waals surface area contributed by atoms with Crippen molar-refractivity contribution in [2.24, 2.45) is 5.92 Å². The molecule has 1 aromatic rings. The molecule has 1 aromatic carbocycles. The Morgan fingerprint density at radius 2 is 1.75 bits per heavy atom. The SMILES string of the molecule is CC(C)C[C@H](NC(=O)OCc1ccccc1)C(=O)O[C@H]1[C@@H]2OC(C)(C)O[C@H]2O[C@@H]1[C@H]1COC(C)(C)O1. The van der Waals surface area contributed by atoms with Crippen molar-refractivity contribution in [1.82, 2.24) is 5.32 Å². The standard InChI is InChI=1S/C26H37NO9/c1-15(2)12-17(27-24(29)30-13-16-10-8-7-9-11-16)22(28)32-20-19(18-14-31-25(3,4)34-18)33-23-21(20)35-26(5,6)36-23/h7-11,15,17-21,23H,12-14H2,1-6H3,(H,27,29)/t17-,18+,19+,20+,21-,23+/m0/s1. The maximum Gasteiger partial charge on any atom is 0.408 e. The number of fused-ring (bicyclic) bond motifs is 1. The average molecular weight is 508 g/mol. The molecule has 36 heavy (non-hydrogen) atoms. The van der Waals surface area contributed by atoms with Crippen LogP contribution in [-0.4, -0.2) is 67.0 Å². The molecule has 3 aliphatic heterocycles. The summed E-state index contributed by atoms with van der Waals surface area (Å²) in [6.07, 6.45) is -3.66. The predicted molar refractivity (Wildman–Crippen MR) is 126 cm³/mol. The van der Waals surface area contributed by atoms with Gasteiger partial charge in [0.25, 0.3) is 0 Å². The first-order chi connectivity index (χ1) is 16.9. The molecule has 0 unspecified atom stereocenters. The fraction of sp³-hybridized carbons (Fsp3) is 0.692. The van der Waals surface area contributed by atoms with Crippen LogP contribution in [0.3, 0.4) is 0 Å². The van der Waals surface area contributed by atoms with Crippen molar-refractivity contribution in [3.8, 4) is 0 Å². The van der Waals surface area contributed by atoms with Gasteiger partial charge in [0, 0.05) is 0 Å². The molecule has 10 nitrogen and oxygen atoms in total. The second-order valence-corrected chi connectivity index (χ2v) is 10.7. The van der Waals surface area contributed by atoms with Crippen LogP contribution in [0.25, 0.3) is 0 Å². The number of alkyl carbamates (subject to hydrolysis) is 1. The summed E-state index contributed by atoms with van der Waals surface area (Å²) in [6.45, 7) is 11.4. The van der Waals surface area contributed by atoms with Gasteiger partial charge < -0.3 is 38.5 Å². The topological polar surface area (TPSA) is 111 Å². The Labute approximate surface area is 211 Å². The van der Waals surface area contributed by atoms with Crippen LogP contribution in [-0.2, 0) is 44.6 Å². The maximum atomic E-state index is 13.4. The Hall–Kier alpha value is -2.24. The van der Waals surface area contributed by atoms with Gasteiger partial charge in [-0.3, -0.25) is 0 Å². The Bertz CT molecular complexity index is 919. The number of carbonyl (C=O) groups is 2.